The summed E-state index contributed by atoms with van der Waals surface area (Å²) in [5.41, 5.74) is 2.05. The second-order valence-corrected chi connectivity index (χ2v) is 9.35. The summed E-state index contributed by atoms with van der Waals surface area (Å²) >= 11 is 0. The summed E-state index contributed by atoms with van der Waals surface area (Å²) in [4.78, 5) is 19.0. The topological polar surface area (TPSA) is 93.1 Å². The number of nitrogens with zero attached hydrogens (tertiary/aromatic N) is 5. The maximum absolute atomic E-state index is 12.7. The van der Waals surface area contributed by atoms with Crippen LogP contribution in [0.15, 0.2) is 30.3 Å². The molecule has 11 heteroatoms. The van der Waals surface area contributed by atoms with E-state index in [0.29, 0.717) is 55.8 Å². The average Bonchev–Trinajstić information content (AvgIpc) is 2.92. The van der Waals surface area contributed by atoms with Crippen LogP contribution >= 0.6 is 0 Å². The minimum absolute atomic E-state index is 0.0617. The molecular weight excluding hydrogens is 484 g/mol. The van der Waals surface area contributed by atoms with Crippen molar-refractivity contribution in [2.24, 2.45) is 0 Å². The molecule has 0 saturated carbocycles. The van der Waals surface area contributed by atoms with Crippen molar-refractivity contribution >= 4 is 22.8 Å². The summed E-state index contributed by atoms with van der Waals surface area (Å²) < 4.78 is 41.2. The number of halogens is 2. The molecule has 2 aromatic heterocycles. The number of anilines is 2. The van der Waals surface area contributed by atoms with Crippen LogP contribution in [0.25, 0.3) is 22.3 Å². The zero-order valence-electron chi connectivity index (χ0n) is 20.9. The lowest BCUT2D eigenvalue weighted by molar-refractivity contribution is -0.0509. The molecule has 2 fully saturated rings. The molecular formula is C26H31F2N5O4. The second kappa shape index (κ2) is 11.1. The number of alkyl halides is 2. The number of aliphatic hydroxyl groups is 1. The second-order valence-electron chi connectivity index (χ2n) is 9.35. The predicted molar refractivity (Wildman–Crippen MR) is 135 cm³/mol. The SMILES string of the molecule is C[C@H]1COCCN1c1nc(N(C)C2CCOCC2)nc2nc(-c3ccc(OC(F)F)c(CO)c3)ccc12. The van der Waals surface area contributed by atoms with Crippen LogP contribution in [-0.2, 0) is 16.1 Å². The average molecular weight is 516 g/mol. The lowest BCUT2D eigenvalue weighted by Gasteiger charge is -2.36. The van der Waals surface area contributed by atoms with Crippen molar-refractivity contribution in [2.75, 3.05) is 49.8 Å². The van der Waals surface area contributed by atoms with Gasteiger partial charge in [0.25, 0.3) is 0 Å². The number of rotatable bonds is 7. The zero-order valence-corrected chi connectivity index (χ0v) is 20.9. The van der Waals surface area contributed by atoms with Gasteiger partial charge in [-0.15, -0.1) is 0 Å². The van der Waals surface area contributed by atoms with Crippen LogP contribution in [0.1, 0.15) is 25.3 Å². The van der Waals surface area contributed by atoms with Gasteiger partial charge in [-0.05, 0) is 50.1 Å². The molecule has 3 aromatic rings. The molecule has 0 spiro atoms. The van der Waals surface area contributed by atoms with Crippen molar-refractivity contribution in [2.45, 2.75) is 45.1 Å². The number of benzene rings is 1. The van der Waals surface area contributed by atoms with E-state index in [-0.39, 0.29) is 23.4 Å². The lowest BCUT2D eigenvalue weighted by Crippen LogP contribution is -2.44. The summed E-state index contributed by atoms with van der Waals surface area (Å²) in [6.07, 6.45) is 1.79. The van der Waals surface area contributed by atoms with E-state index in [9.17, 15) is 13.9 Å². The summed E-state index contributed by atoms with van der Waals surface area (Å²) in [6.45, 7) is 2.04. The number of aliphatic hydroxyl groups excluding tert-OH is 1. The molecule has 5 rings (SSSR count). The van der Waals surface area contributed by atoms with Gasteiger partial charge in [0.05, 0.1) is 36.9 Å². The van der Waals surface area contributed by atoms with Crippen LogP contribution in [0.5, 0.6) is 5.75 Å². The highest BCUT2D eigenvalue weighted by atomic mass is 19.3. The molecule has 2 saturated heterocycles. The van der Waals surface area contributed by atoms with E-state index >= 15 is 0 Å². The van der Waals surface area contributed by atoms with Gasteiger partial charge < -0.3 is 29.1 Å². The molecule has 0 bridgehead atoms. The Morgan fingerprint density at radius 1 is 1.11 bits per heavy atom. The van der Waals surface area contributed by atoms with Gasteiger partial charge in [0.15, 0.2) is 5.65 Å². The van der Waals surface area contributed by atoms with Crippen LogP contribution in [0.2, 0.25) is 0 Å². The summed E-state index contributed by atoms with van der Waals surface area (Å²) in [7, 11) is 2.00. The Balaban J connectivity index is 1.58. The van der Waals surface area contributed by atoms with Crippen molar-refractivity contribution < 1.29 is 28.1 Å². The molecule has 0 unspecified atom stereocenters. The van der Waals surface area contributed by atoms with Gasteiger partial charge in [0.2, 0.25) is 5.95 Å². The molecule has 0 radical (unpaired) electrons. The first-order valence-corrected chi connectivity index (χ1v) is 12.5. The van der Waals surface area contributed by atoms with Crippen LogP contribution in [0, 0.1) is 0 Å². The molecule has 4 heterocycles. The van der Waals surface area contributed by atoms with Crippen LogP contribution in [-0.4, -0.2) is 78.8 Å². The van der Waals surface area contributed by atoms with Crippen molar-refractivity contribution in [1.29, 1.82) is 0 Å². The monoisotopic (exact) mass is 515 g/mol. The van der Waals surface area contributed by atoms with Crippen molar-refractivity contribution in [3.8, 4) is 17.0 Å². The van der Waals surface area contributed by atoms with E-state index in [1.165, 1.54) is 6.07 Å². The third-order valence-electron chi connectivity index (χ3n) is 6.96. The maximum Gasteiger partial charge on any atom is 0.387 e. The quantitative estimate of drug-likeness (QED) is 0.506. The minimum Gasteiger partial charge on any atom is -0.434 e. The van der Waals surface area contributed by atoms with E-state index in [0.717, 1.165) is 24.0 Å². The van der Waals surface area contributed by atoms with Gasteiger partial charge in [0.1, 0.15) is 11.6 Å². The van der Waals surface area contributed by atoms with E-state index in [1.54, 1.807) is 12.1 Å². The normalized spacial score (nSPS) is 19.0. The Bertz CT molecular complexity index is 1240. The van der Waals surface area contributed by atoms with Gasteiger partial charge in [-0.1, -0.05) is 0 Å². The van der Waals surface area contributed by atoms with Gasteiger partial charge in [0, 0.05) is 44.0 Å². The smallest absolute Gasteiger partial charge is 0.387 e. The number of hydrogen-bond donors (Lipinski definition) is 1. The Kier molecular flexibility index (Phi) is 7.63. The molecule has 2 aliphatic heterocycles. The Morgan fingerprint density at radius 2 is 1.92 bits per heavy atom. The molecule has 9 nitrogen and oxygen atoms in total. The predicted octanol–water partition coefficient (Wildman–Crippen LogP) is 3.63. The fraction of sp³-hybridized carbons (Fsp3) is 0.500. The molecule has 1 N–H and O–H groups in total. The minimum atomic E-state index is -2.97. The highest BCUT2D eigenvalue weighted by molar-refractivity contribution is 5.90. The molecule has 0 amide bonds. The van der Waals surface area contributed by atoms with Gasteiger partial charge in [-0.2, -0.15) is 18.7 Å². The van der Waals surface area contributed by atoms with E-state index in [2.05, 4.69) is 21.5 Å². The van der Waals surface area contributed by atoms with Gasteiger partial charge in [-0.25, -0.2) is 4.98 Å². The third kappa shape index (κ3) is 5.43. The number of morpholine rings is 1. The summed E-state index contributed by atoms with van der Waals surface area (Å²) in [5.74, 6) is 1.34. The van der Waals surface area contributed by atoms with E-state index in [1.807, 2.05) is 19.2 Å². The summed E-state index contributed by atoms with van der Waals surface area (Å²) in [5, 5.41) is 10.5. The molecule has 0 aliphatic carbocycles. The Morgan fingerprint density at radius 3 is 2.65 bits per heavy atom. The van der Waals surface area contributed by atoms with Crippen LogP contribution < -0.4 is 14.5 Å². The molecule has 37 heavy (non-hydrogen) atoms. The largest absolute Gasteiger partial charge is 0.434 e. The van der Waals surface area contributed by atoms with E-state index in [4.69, 9.17) is 24.4 Å². The van der Waals surface area contributed by atoms with Gasteiger partial charge in [-0.3, -0.25) is 0 Å². The van der Waals surface area contributed by atoms with Crippen molar-refractivity contribution in [3.05, 3.63) is 35.9 Å². The molecule has 1 aromatic carbocycles. The number of ether oxygens (including phenoxy) is 3. The first-order valence-electron chi connectivity index (χ1n) is 12.5. The highest BCUT2D eigenvalue weighted by Gasteiger charge is 2.27. The number of pyridine rings is 1. The van der Waals surface area contributed by atoms with Crippen LogP contribution in [0.4, 0.5) is 20.5 Å². The van der Waals surface area contributed by atoms with E-state index < -0.39 is 13.2 Å². The third-order valence-corrected chi connectivity index (χ3v) is 6.96. The summed E-state index contributed by atoms with van der Waals surface area (Å²) in [6, 6.07) is 8.87. The Hall–Kier alpha value is -3.15. The molecule has 1 atom stereocenters. The van der Waals surface area contributed by atoms with Crippen LogP contribution in [0.3, 0.4) is 0 Å². The van der Waals surface area contributed by atoms with Crippen molar-refractivity contribution in [1.82, 2.24) is 15.0 Å². The lowest BCUT2D eigenvalue weighted by atomic mass is 10.1. The highest BCUT2D eigenvalue weighted by Crippen LogP contribution is 2.33. The van der Waals surface area contributed by atoms with Crippen molar-refractivity contribution in [3.63, 3.8) is 0 Å². The maximum atomic E-state index is 12.7. The first-order chi connectivity index (χ1) is 17.9. The molecule has 198 valence electrons. The standard InChI is InChI=1S/C26H31F2N5O4/c1-16-15-36-12-9-33(16)24-20-4-5-21(17-3-6-22(37-25(27)28)18(13-17)14-34)29-23(20)30-26(31-24)32(2)19-7-10-35-11-8-19/h3-6,13,16,19,25,34H,7-12,14-15H2,1-2H3/t16-/m0/s1. The zero-order chi connectivity index (χ0) is 25.9. The Labute approximate surface area is 214 Å². The fourth-order valence-corrected chi connectivity index (χ4v) is 4.87. The fourth-order valence-electron chi connectivity index (χ4n) is 4.87. The molecule has 2 aliphatic rings. The number of fused-ring (bicyclic) bond motifs is 1. The number of aromatic nitrogens is 3. The number of hydrogen-bond acceptors (Lipinski definition) is 9. The van der Waals surface area contributed by atoms with Gasteiger partial charge >= 0.3 is 6.61 Å². The first kappa shape index (κ1) is 25.5.